The van der Waals surface area contributed by atoms with Crippen molar-refractivity contribution < 1.29 is 19.1 Å². The number of amides is 2. The largest absolute Gasteiger partial charge is 0.383 e. The third kappa shape index (κ3) is 2.61. The summed E-state index contributed by atoms with van der Waals surface area (Å²) in [6.45, 7) is 0.502. The minimum atomic E-state index is -0.696. The highest BCUT2D eigenvalue weighted by molar-refractivity contribution is 7.12. The van der Waals surface area contributed by atoms with Gasteiger partial charge in [0.15, 0.2) is 5.78 Å². The van der Waals surface area contributed by atoms with Crippen LogP contribution in [0.3, 0.4) is 0 Å². The lowest BCUT2D eigenvalue weighted by atomic mass is 9.87. The molecule has 2 amide bonds. The maximum absolute atomic E-state index is 13.5. The number of fused-ring (bicyclic) bond motifs is 5. The SMILES string of the molecule is COCCN1C(=O)[C@@H]2[C@H](C1=O)[C@@H](C(=O)c1cccs1)N1c3ccccc3C=C[C@@H]21. The second-order valence-electron chi connectivity index (χ2n) is 7.47. The van der Waals surface area contributed by atoms with E-state index in [0.717, 1.165) is 11.3 Å². The Morgan fingerprint density at radius 3 is 2.66 bits per heavy atom. The van der Waals surface area contributed by atoms with Gasteiger partial charge in [0.2, 0.25) is 11.8 Å². The van der Waals surface area contributed by atoms with Gasteiger partial charge in [-0.15, -0.1) is 11.3 Å². The molecule has 0 N–H and O–H groups in total. The van der Waals surface area contributed by atoms with E-state index in [1.807, 2.05) is 52.8 Å². The second-order valence-corrected chi connectivity index (χ2v) is 8.42. The van der Waals surface area contributed by atoms with Crippen LogP contribution in [0.5, 0.6) is 0 Å². The normalized spacial score (nSPS) is 27.2. The first-order valence-electron chi connectivity index (χ1n) is 9.61. The standard InChI is InChI=1S/C22H20N2O4S/c1-28-11-10-23-21(26)17-15-9-8-13-5-2-3-6-14(13)24(15)19(18(17)22(23)27)20(25)16-7-4-12-29-16/h2-9,12,15,17-19H,10-11H2,1H3/t15-,17-,18-,19-/m0/s1. The molecule has 0 aliphatic carbocycles. The van der Waals surface area contributed by atoms with E-state index in [0.29, 0.717) is 4.88 Å². The Morgan fingerprint density at radius 1 is 1.10 bits per heavy atom. The summed E-state index contributed by atoms with van der Waals surface area (Å²) in [5.41, 5.74) is 1.89. The number of carbonyl (C=O) groups is 3. The number of para-hydroxylation sites is 1. The number of benzene rings is 1. The molecule has 3 aliphatic rings. The van der Waals surface area contributed by atoms with Crippen LogP contribution in [0.15, 0.2) is 47.9 Å². The van der Waals surface area contributed by atoms with Crippen molar-refractivity contribution in [2.45, 2.75) is 12.1 Å². The molecule has 5 rings (SSSR count). The number of rotatable bonds is 5. The van der Waals surface area contributed by atoms with E-state index in [9.17, 15) is 14.4 Å². The zero-order valence-corrected chi connectivity index (χ0v) is 16.7. The van der Waals surface area contributed by atoms with E-state index in [2.05, 4.69) is 0 Å². The van der Waals surface area contributed by atoms with Gasteiger partial charge < -0.3 is 9.64 Å². The fraction of sp³-hybridized carbons (Fsp3) is 0.318. The van der Waals surface area contributed by atoms with Crippen molar-refractivity contribution in [3.8, 4) is 0 Å². The lowest BCUT2D eigenvalue weighted by Gasteiger charge is -2.36. The molecule has 0 radical (unpaired) electrons. The Labute approximate surface area is 172 Å². The lowest BCUT2D eigenvalue weighted by molar-refractivity contribution is -0.141. The summed E-state index contributed by atoms with van der Waals surface area (Å²) < 4.78 is 5.07. The molecule has 2 saturated heterocycles. The highest BCUT2D eigenvalue weighted by atomic mass is 32.1. The number of methoxy groups -OCH3 is 1. The summed E-state index contributed by atoms with van der Waals surface area (Å²) in [7, 11) is 1.54. The molecule has 148 valence electrons. The molecule has 2 fully saturated rings. The van der Waals surface area contributed by atoms with Gasteiger partial charge in [-0.1, -0.05) is 36.4 Å². The number of ether oxygens (including phenoxy) is 1. The van der Waals surface area contributed by atoms with Gasteiger partial charge >= 0.3 is 0 Å². The van der Waals surface area contributed by atoms with Crippen LogP contribution < -0.4 is 4.90 Å². The van der Waals surface area contributed by atoms with Gasteiger partial charge in [-0.05, 0) is 23.1 Å². The first-order chi connectivity index (χ1) is 14.1. The summed E-state index contributed by atoms with van der Waals surface area (Å²) in [6, 6.07) is 10.4. The van der Waals surface area contributed by atoms with Crippen LogP contribution in [0.4, 0.5) is 5.69 Å². The quantitative estimate of drug-likeness (QED) is 0.562. The van der Waals surface area contributed by atoms with Crippen LogP contribution >= 0.6 is 11.3 Å². The Hall–Kier alpha value is -2.77. The average Bonchev–Trinajstić information content (AvgIpc) is 3.44. The first kappa shape index (κ1) is 18.3. The highest BCUT2D eigenvalue weighted by Gasteiger charge is 2.63. The van der Waals surface area contributed by atoms with E-state index in [-0.39, 0.29) is 36.8 Å². The molecular formula is C22H20N2O4S. The molecule has 0 spiro atoms. The third-order valence-corrected chi connectivity index (χ3v) is 6.94. The minimum Gasteiger partial charge on any atom is -0.383 e. The van der Waals surface area contributed by atoms with Crippen molar-refractivity contribution in [1.82, 2.24) is 4.90 Å². The Bertz CT molecular complexity index is 1020. The van der Waals surface area contributed by atoms with Crippen LogP contribution in [0.25, 0.3) is 6.08 Å². The molecular weight excluding hydrogens is 388 g/mol. The molecule has 6 nitrogen and oxygen atoms in total. The number of hydrogen-bond donors (Lipinski definition) is 0. The summed E-state index contributed by atoms with van der Waals surface area (Å²) in [6.07, 6.45) is 3.95. The first-order valence-corrected chi connectivity index (χ1v) is 10.5. The summed E-state index contributed by atoms with van der Waals surface area (Å²) >= 11 is 1.37. The zero-order valence-electron chi connectivity index (χ0n) is 15.9. The van der Waals surface area contributed by atoms with Crippen molar-refractivity contribution >= 4 is 40.7 Å². The summed E-state index contributed by atoms with van der Waals surface area (Å²) in [5.74, 6) is -1.82. The molecule has 2 aromatic rings. The molecule has 1 aromatic heterocycles. The summed E-state index contributed by atoms with van der Waals surface area (Å²) in [4.78, 5) is 43.9. The topological polar surface area (TPSA) is 66.9 Å². The number of anilines is 1. The number of hydrogen-bond acceptors (Lipinski definition) is 6. The molecule has 1 aromatic carbocycles. The predicted molar refractivity (Wildman–Crippen MR) is 110 cm³/mol. The van der Waals surface area contributed by atoms with Crippen LogP contribution in [0.2, 0.25) is 0 Å². The van der Waals surface area contributed by atoms with Gasteiger partial charge in [0.1, 0.15) is 6.04 Å². The maximum Gasteiger partial charge on any atom is 0.235 e. The molecule has 4 heterocycles. The van der Waals surface area contributed by atoms with Crippen molar-refractivity contribution in [2.24, 2.45) is 11.8 Å². The molecule has 4 atom stereocenters. The van der Waals surface area contributed by atoms with Crippen molar-refractivity contribution in [1.29, 1.82) is 0 Å². The second kappa shape index (κ2) is 6.93. The van der Waals surface area contributed by atoms with Gasteiger partial charge in [-0.3, -0.25) is 19.3 Å². The van der Waals surface area contributed by atoms with Gasteiger partial charge in [0.05, 0.1) is 35.9 Å². The van der Waals surface area contributed by atoms with E-state index in [4.69, 9.17) is 4.74 Å². The summed E-state index contributed by atoms with van der Waals surface area (Å²) in [5, 5.41) is 1.85. The molecule has 7 heteroatoms. The van der Waals surface area contributed by atoms with Crippen molar-refractivity contribution in [3.05, 3.63) is 58.3 Å². The van der Waals surface area contributed by atoms with Crippen LogP contribution in [0.1, 0.15) is 15.2 Å². The Balaban J connectivity index is 1.62. The Kier molecular flexibility index (Phi) is 4.37. The third-order valence-electron chi connectivity index (χ3n) is 6.06. The van der Waals surface area contributed by atoms with Gasteiger partial charge in [0.25, 0.3) is 0 Å². The average molecular weight is 408 g/mol. The fourth-order valence-corrected chi connectivity index (χ4v) is 5.54. The Morgan fingerprint density at radius 2 is 1.90 bits per heavy atom. The monoisotopic (exact) mass is 408 g/mol. The number of imide groups is 1. The van der Waals surface area contributed by atoms with Gasteiger partial charge in [-0.2, -0.15) is 0 Å². The van der Waals surface area contributed by atoms with Crippen LogP contribution in [-0.2, 0) is 14.3 Å². The number of likely N-dealkylation sites (tertiary alicyclic amines) is 1. The fourth-order valence-electron chi connectivity index (χ4n) is 4.84. The maximum atomic E-state index is 13.5. The van der Waals surface area contributed by atoms with Crippen LogP contribution in [0, 0.1) is 11.8 Å². The number of thiophene rings is 1. The number of nitrogens with zero attached hydrogens (tertiary/aromatic N) is 2. The zero-order chi connectivity index (χ0) is 20.1. The molecule has 0 bridgehead atoms. The minimum absolute atomic E-state index is 0.0997. The smallest absolute Gasteiger partial charge is 0.235 e. The van der Waals surface area contributed by atoms with E-state index >= 15 is 0 Å². The van der Waals surface area contributed by atoms with E-state index in [1.165, 1.54) is 23.3 Å². The van der Waals surface area contributed by atoms with Crippen molar-refractivity contribution in [2.75, 3.05) is 25.2 Å². The van der Waals surface area contributed by atoms with Crippen molar-refractivity contribution in [3.63, 3.8) is 0 Å². The number of Topliss-reactive ketones (excluding diaryl/α,β-unsaturated/α-hetero) is 1. The van der Waals surface area contributed by atoms with E-state index < -0.39 is 17.9 Å². The lowest BCUT2D eigenvalue weighted by Crippen LogP contribution is -2.49. The van der Waals surface area contributed by atoms with Gasteiger partial charge in [0, 0.05) is 12.8 Å². The van der Waals surface area contributed by atoms with Crippen LogP contribution in [-0.4, -0.2) is 54.8 Å². The number of ketones is 1. The van der Waals surface area contributed by atoms with E-state index in [1.54, 1.807) is 6.07 Å². The molecule has 0 unspecified atom stereocenters. The number of carbonyl (C=O) groups excluding carboxylic acids is 3. The predicted octanol–water partition coefficient (Wildman–Crippen LogP) is 2.46. The molecule has 29 heavy (non-hydrogen) atoms. The molecule has 3 aliphatic heterocycles. The highest BCUT2D eigenvalue weighted by Crippen LogP contribution is 2.49. The van der Waals surface area contributed by atoms with Gasteiger partial charge in [-0.25, -0.2) is 0 Å². The molecule has 0 saturated carbocycles.